The summed E-state index contributed by atoms with van der Waals surface area (Å²) in [5.41, 5.74) is 0.513. The highest BCUT2D eigenvalue weighted by molar-refractivity contribution is 5.92. The summed E-state index contributed by atoms with van der Waals surface area (Å²) in [4.78, 5) is 23.5. The summed E-state index contributed by atoms with van der Waals surface area (Å²) in [5, 5.41) is 0. The Kier molecular flexibility index (Phi) is 4.66. The number of rotatable bonds is 4. The molecule has 0 unspecified atom stereocenters. The van der Waals surface area contributed by atoms with Crippen LogP contribution in [0.1, 0.15) is 27.6 Å². The summed E-state index contributed by atoms with van der Waals surface area (Å²) in [7, 11) is 0. The lowest BCUT2D eigenvalue weighted by Gasteiger charge is -2.06. The van der Waals surface area contributed by atoms with Crippen LogP contribution >= 0.6 is 0 Å². The topological polar surface area (TPSA) is 52.6 Å². The Hall–Kier alpha value is -2.69. The van der Waals surface area contributed by atoms with Crippen LogP contribution in [-0.2, 0) is 4.74 Å². The number of benzene rings is 2. The van der Waals surface area contributed by atoms with Crippen molar-refractivity contribution in [2.75, 3.05) is 6.61 Å². The number of ether oxygens (including phenoxy) is 2. The second-order valence-electron chi connectivity index (χ2n) is 4.14. The van der Waals surface area contributed by atoms with E-state index in [2.05, 4.69) is 0 Å². The van der Waals surface area contributed by atoms with Crippen molar-refractivity contribution in [3.63, 3.8) is 0 Å². The molecule has 0 bridgehead atoms. The van der Waals surface area contributed by atoms with Crippen molar-refractivity contribution < 1.29 is 23.5 Å². The van der Waals surface area contributed by atoms with Crippen molar-refractivity contribution in [3.8, 4) is 5.75 Å². The van der Waals surface area contributed by atoms with E-state index in [1.807, 2.05) is 0 Å². The number of hydrogen-bond donors (Lipinski definition) is 0. The van der Waals surface area contributed by atoms with Gasteiger partial charge in [-0.05, 0) is 49.4 Å². The van der Waals surface area contributed by atoms with Crippen LogP contribution < -0.4 is 4.74 Å². The minimum atomic E-state index is -0.629. The van der Waals surface area contributed by atoms with Crippen LogP contribution in [0.2, 0.25) is 0 Å². The van der Waals surface area contributed by atoms with Gasteiger partial charge in [-0.3, -0.25) is 0 Å². The van der Waals surface area contributed by atoms with E-state index in [-0.39, 0.29) is 17.9 Å². The quantitative estimate of drug-likeness (QED) is 0.640. The van der Waals surface area contributed by atoms with E-state index in [1.165, 1.54) is 30.3 Å². The summed E-state index contributed by atoms with van der Waals surface area (Å²) >= 11 is 0. The Morgan fingerprint density at radius 1 is 1.00 bits per heavy atom. The van der Waals surface area contributed by atoms with Crippen LogP contribution in [0.15, 0.2) is 48.5 Å². The number of halogens is 1. The molecule has 0 radical (unpaired) electrons. The highest BCUT2D eigenvalue weighted by Gasteiger charge is 2.11. The minimum Gasteiger partial charge on any atom is -0.462 e. The van der Waals surface area contributed by atoms with Crippen LogP contribution in [0.25, 0.3) is 0 Å². The van der Waals surface area contributed by atoms with E-state index >= 15 is 0 Å². The number of hydrogen-bond acceptors (Lipinski definition) is 4. The van der Waals surface area contributed by atoms with Crippen molar-refractivity contribution in [2.24, 2.45) is 0 Å². The van der Waals surface area contributed by atoms with Gasteiger partial charge in [-0.25, -0.2) is 14.0 Å². The number of esters is 2. The molecule has 108 valence electrons. The van der Waals surface area contributed by atoms with Gasteiger partial charge in [-0.1, -0.05) is 6.07 Å². The Balaban J connectivity index is 2.12. The van der Waals surface area contributed by atoms with E-state index in [0.717, 1.165) is 0 Å². The Bertz CT molecular complexity index is 650. The number of carbonyl (C=O) groups excluding carboxylic acids is 2. The van der Waals surface area contributed by atoms with E-state index in [1.54, 1.807) is 25.1 Å². The normalized spacial score (nSPS) is 10.0. The molecule has 0 fully saturated rings. The second kappa shape index (κ2) is 6.65. The molecule has 4 nitrogen and oxygen atoms in total. The monoisotopic (exact) mass is 288 g/mol. The molecule has 5 heteroatoms. The van der Waals surface area contributed by atoms with Crippen molar-refractivity contribution in [1.29, 1.82) is 0 Å². The van der Waals surface area contributed by atoms with Gasteiger partial charge in [-0.15, -0.1) is 0 Å². The molecule has 0 aliphatic carbocycles. The fraction of sp³-hybridized carbons (Fsp3) is 0.125. The van der Waals surface area contributed by atoms with E-state index in [0.29, 0.717) is 5.56 Å². The predicted molar refractivity (Wildman–Crippen MR) is 73.8 cm³/mol. The molecular weight excluding hydrogens is 275 g/mol. The highest BCUT2D eigenvalue weighted by atomic mass is 19.1. The zero-order valence-corrected chi connectivity index (χ0v) is 11.3. The van der Waals surface area contributed by atoms with Crippen LogP contribution in [0.5, 0.6) is 5.75 Å². The van der Waals surface area contributed by atoms with E-state index in [9.17, 15) is 14.0 Å². The highest BCUT2D eigenvalue weighted by Crippen LogP contribution is 2.16. The van der Waals surface area contributed by atoms with Gasteiger partial charge in [0.25, 0.3) is 0 Å². The van der Waals surface area contributed by atoms with Gasteiger partial charge in [0, 0.05) is 0 Å². The molecule has 0 N–H and O–H groups in total. The van der Waals surface area contributed by atoms with E-state index in [4.69, 9.17) is 9.47 Å². The first-order chi connectivity index (χ1) is 10.1. The second-order valence-corrected chi connectivity index (χ2v) is 4.14. The third-order valence-corrected chi connectivity index (χ3v) is 2.64. The van der Waals surface area contributed by atoms with Crippen molar-refractivity contribution in [3.05, 3.63) is 65.5 Å². The first kappa shape index (κ1) is 14.7. The largest absolute Gasteiger partial charge is 0.462 e. The molecule has 2 aromatic carbocycles. The molecule has 0 spiro atoms. The molecule has 0 aliphatic rings. The minimum absolute atomic E-state index is 0.217. The Morgan fingerprint density at radius 2 is 1.71 bits per heavy atom. The van der Waals surface area contributed by atoms with Gasteiger partial charge in [0.05, 0.1) is 17.7 Å². The zero-order chi connectivity index (χ0) is 15.2. The maximum atomic E-state index is 12.8. The van der Waals surface area contributed by atoms with Crippen LogP contribution in [0, 0.1) is 5.82 Å². The van der Waals surface area contributed by atoms with Crippen molar-refractivity contribution in [1.82, 2.24) is 0 Å². The fourth-order valence-electron chi connectivity index (χ4n) is 1.65. The SMILES string of the molecule is CCOC(=O)c1cccc(OC(=O)c2ccc(F)cc2)c1. The average Bonchev–Trinajstić information content (AvgIpc) is 2.48. The maximum Gasteiger partial charge on any atom is 0.343 e. The van der Waals surface area contributed by atoms with Crippen molar-refractivity contribution >= 4 is 11.9 Å². The van der Waals surface area contributed by atoms with E-state index < -0.39 is 17.8 Å². The van der Waals surface area contributed by atoms with Gasteiger partial charge in [-0.2, -0.15) is 0 Å². The van der Waals surface area contributed by atoms with Gasteiger partial charge in [0.15, 0.2) is 0 Å². The molecule has 0 atom stereocenters. The maximum absolute atomic E-state index is 12.8. The summed E-state index contributed by atoms with van der Waals surface area (Å²) in [6, 6.07) is 11.1. The molecule has 0 saturated heterocycles. The average molecular weight is 288 g/mol. The molecule has 2 rings (SSSR count). The molecular formula is C16H13FO4. The third kappa shape index (κ3) is 3.89. The molecule has 21 heavy (non-hydrogen) atoms. The molecule has 0 saturated carbocycles. The molecule has 0 amide bonds. The van der Waals surface area contributed by atoms with Gasteiger partial charge in [0.1, 0.15) is 11.6 Å². The first-order valence-electron chi connectivity index (χ1n) is 6.35. The lowest BCUT2D eigenvalue weighted by atomic mass is 10.2. The molecule has 0 heterocycles. The zero-order valence-electron chi connectivity index (χ0n) is 11.3. The third-order valence-electron chi connectivity index (χ3n) is 2.64. The first-order valence-corrected chi connectivity index (χ1v) is 6.35. The predicted octanol–water partition coefficient (Wildman–Crippen LogP) is 3.22. The van der Waals surface area contributed by atoms with Crippen LogP contribution in [0.3, 0.4) is 0 Å². The van der Waals surface area contributed by atoms with Gasteiger partial charge < -0.3 is 9.47 Å². The lowest BCUT2D eigenvalue weighted by Crippen LogP contribution is -2.09. The molecule has 2 aromatic rings. The molecule has 0 aliphatic heterocycles. The summed E-state index contributed by atoms with van der Waals surface area (Å²) in [6.07, 6.45) is 0. The van der Waals surface area contributed by atoms with Crippen LogP contribution in [-0.4, -0.2) is 18.5 Å². The lowest BCUT2D eigenvalue weighted by molar-refractivity contribution is 0.0524. The summed E-state index contributed by atoms with van der Waals surface area (Å²) in [6.45, 7) is 1.97. The number of carbonyl (C=O) groups is 2. The Labute approximate surface area is 121 Å². The van der Waals surface area contributed by atoms with Crippen molar-refractivity contribution in [2.45, 2.75) is 6.92 Å². The van der Waals surface area contributed by atoms with Gasteiger partial charge in [0.2, 0.25) is 0 Å². The van der Waals surface area contributed by atoms with Crippen LogP contribution in [0.4, 0.5) is 4.39 Å². The standard InChI is InChI=1S/C16H13FO4/c1-2-20-15(18)12-4-3-5-14(10-12)21-16(19)11-6-8-13(17)9-7-11/h3-10H,2H2,1H3. The molecule has 0 aromatic heterocycles. The van der Waals surface area contributed by atoms with Gasteiger partial charge >= 0.3 is 11.9 Å². The Morgan fingerprint density at radius 3 is 2.38 bits per heavy atom. The summed E-state index contributed by atoms with van der Waals surface area (Å²) in [5.74, 6) is -1.33. The smallest absolute Gasteiger partial charge is 0.343 e. The fourth-order valence-corrected chi connectivity index (χ4v) is 1.65. The summed E-state index contributed by atoms with van der Waals surface area (Å²) < 4.78 is 22.8.